The topological polar surface area (TPSA) is 66.3 Å². The molecule has 2 rings (SSSR count). The predicted molar refractivity (Wildman–Crippen MR) is 88.7 cm³/mol. The number of rotatable bonds is 4. The Balaban J connectivity index is 1.97. The molecule has 4 nitrogen and oxygen atoms in total. The summed E-state index contributed by atoms with van der Waals surface area (Å²) in [6, 6.07) is 11.3. The SMILES string of the molecule is CC(C)(C)c1ccc(C(=O)O[NH+]=C(N)Cc2cccs2)cc1. The molecule has 1 heterocycles. The standard InChI is InChI=1S/C17H20N2O2S/c1-17(2,3)13-8-6-12(7-9-13)16(20)21-19-15(18)11-14-5-4-10-22-14/h4-10H,11H2,1-3H3,(H2,18,19)/p+1. The van der Waals surface area contributed by atoms with Crippen molar-refractivity contribution in [3.8, 4) is 0 Å². The quantitative estimate of drug-likeness (QED) is 0.391. The normalized spacial score (nSPS) is 12.2. The number of hydrogen-bond acceptors (Lipinski definition) is 3. The molecule has 0 amide bonds. The van der Waals surface area contributed by atoms with Gasteiger partial charge in [0.2, 0.25) is 0 Å². The van der Waals surface area contributed by atoms with Crippen LogP contribution < -0.4 is 10.9 Å². The van der Waals surface area contributed by atoms with Gasteiger partial charge in [-0.05, 0) is 34.6 Å². The first kappa shape index (κ1) is 16.2. The van der Waals surface area contributed by atoms with E-state index in [4.69, 9.17) is 10.6 Å². The van der Waals surface area contributed by atoms with Crippen LogP contribution in [0.15, 0.2) is 41.8 Å². The minimum Gasteiger partial charge on any atom is -0.288 e. The first-order valence-electron chi connectivity index (χ1n) is 7.07. The highest BCUT2D eigenvalue weighted by Gasteiger charge is 2.15. The highest BCUT2D eigenvalue weighted by Crippen LogP contribution is 2.22. The van der Waals surface area contributed by atoms with Crippen LogP contribution in [0.25, 0.3) is 0 Å². The maximum absolute atomic E-state index is 12.0. The molecular weight excluding hydrogens is 296 g/mol. The van der Waals surface area contributed by atoms with Crippen molar-refractivity contribution in [2.75, 3.05) is 0 Å². The van der Waals surface area contributed by atoms with Gasteiger partial charge in [-0.2, -0.15) is 0 Å². The highest BCUT2D eigenvalue weighted by molar-refractivity contribution is 7.10. The number of carbonyl (C=O) groups excluding carboxylic acids is 1. The van der Waals surface area contributed by atoms with Crippen molar-refractivity contribution in [2.45, 2.75) is 32.6 Å². The second-order valence-corrected chi connectivity index (χ2v) is 7.13. The average molecular weight is 317 g/mol. The van der Waals surface area contributed by atoms with Gasteiger partial charge in [0.05, 0.1) is 12.0 Å². The number of hydrogen-bond donors (Lipinski definition) is 2. The first-order valence-corrected chi connectivity index (χ1v) is 7.95. The summed E-state index contributed by atoms with van der Waals surface area (Å²) >= 11 is 1.60. The van der Waals surface area contributed by atoms with Gasteiger partial charge in [-0.1, -0.05) is 44.1 Å². The van der Waals surface area contributed by atoms with Crippen molar-refractivity contribution in [2.24, 2.45) is 5.73 Å². The number of carbonyl (C=O) groups is 1. The Hall–Kier alpha value is -2.14. The molecule has 22 heavy (non-hydrogen) atoms. The zero-order valence-electron chi connectivity index (χ0n) is 13.1. The van der Waals surface area contributed by atoms with E-state index in [0.717, 1.165) is 4.88 Å². The fourth-order valence-corrected chi connectivity index (χ4v) is 2.64. The van der Waals surface area contributed by atoms with Gasteiger partial charge in [-0.15, -0.1) is 11.3 Å². The van der Waals surface area contributed by atoms with Crippen LogP contribution in [0.4, 0.5) is 0 Å². The molecule has 0 radical (unpaired) electrons. The molecule has 1 aromatic heterocycles. The third-order valence-corrected chi connectivity index (χ3v) is 4.08. The zero-order valence-corrected chi connectivity index (χ0v) is 13.9. The molecular formula is C17H21N2O2S+. The van der Waals surface area contributed by atoms with E-state index in [1.54, 1.807) is 23.5 Å². The maximum atomic E-state index is 12.0. The molecule has 0 saturated heterocycles. The van der Waals surface area contributed by atoms with E-state index in [0.29, 0.717) is 17.8 Å². The Bertz CT molecular complexity index is 653. The van der Waals surface area contributed by atoms with E-state index in [1.807, 2.05) is 29.6 Å². The Morgan fingerprint density at radius 3 is 2.45 bits per heavy atom. The van der Waals surface area contributed by atoms with E-state index < -0.39 is 5.97 Å². The fraction of sp³-hybridized carbons (Fsp3) is 0.294. The van der Waals surface area contributed by atoms with Crippen molar-refractivity contribution >= 4 is 23.1 Å². The molecule has 3 N–H and O–H groups in total. The smallest absolute Gasteiger partial charge is 0.288 e. The largest absolute Gasteiger partial charge is 0.387 e. The van der Waals surface area contributed by atoms with Crippen molar-refractivity contribution in [1.29, 1.82) is 0 Å². The van der Waals surface area contributed by atoms with Gasteiger partial charge in [-0.3, -0.25) is 10.6 Å². The highest BCUT2D eigenvalue weighted by atomic mass is 32.1. The molecule has 0 fully saturated rings. The van der Waals surface area contributed by atoms with E-state index >= 15 is 0 Å². The monoisotopic (exact) mass is 317 g/mol. The second kappa shape index (κ2) is 6.75. The van der Waals surface area contributed by atoms with Gasteiger partial charge < -0.3 is 0 Å². The maximum Gasteiger partial charge on any atom is 0.387 e. The fourth-order valence-electron chi connectivity index (χ4n) is 1.91. The van der Waals surface area contributed by atoms with E-state index in [2.05, 4.69) is 25.9 Å². The Morgan fingerprint density at radius 2 is 1.91 bits per heavy atom. The molecule has 1 aromatic carbocycles. The summed E-state index contributed by atoms with van der Waals surface area (Å²) in [5, 5.41) is 4.49. The lowest BCUT2D eigenvalue weighted by Gasteiger charge is -2.18. The van der Waals surface area contributed by atoms with Gasteiger partial charge in [0.1, 0.15) is 0 Å². The molecule has 0 aliphatic rings. The minimum absolute atomic E-state index is 0.0552. The second-order valence-electron chi connectivity index (χ2n) is 6.10. The van der Waals surface area contributed by atoms with Crippen LogP contribution in [0.5, 0.6) is 0 Å². The summed E-state index contributed by atoms with van der Waals surface area (Å²) in [4.78, 5) is 18.1. The summed E-state index contributed by atoms with van der Waals surface area (Å²) in [5.74, 6) is -0.0447. The van der Waals surface area contributed by atoms with Crippen LogP contribution in [-0.4, -0.2) is 11.8 Å². The van der Waals surface area contributed by atoms with Crippen LogP contribution in [-0.2, 0) is 16.7 Å². The van der Waals surface area contributed by atoms with E-state index in [1.165, 1.54) is 5.56 Å². The molecule has 0 bridgehead atoms. The van der Waals surface area contributed by atoms with E-state index in [-0.39, 0.29) is 5.41 Å². The lowest BCUT2D eigenvalue weighted by molar-refractivity contribution is -0.722. The summed E-state index contributed by atoms with van der Waals surface area (Å²) in [7, 11) is 0. The zero-order chi connectivity index (χ0) is 16.2. The number of nitrogens with one attached hydrogen (secondary N) is 1. The summed E-state index contributed by atoms with van der Waals surface area (Å²) < 4.78 is 0. The molecule has 0 spiro atoms. The number of benzene rings is 1. The van der Waals surface area contributed by atoms with Gasteiger partial charge >= 0.3 is 5.97 Å². The molecule has 116 valence electrons. The summed E-state index contributed by atoms with van der Waals surface area (Å²) in [6.07, 6.45) is 0.536. The van der Waals surface area contributed by atoms with Crippen molar-refractivity contribution < 1.29 is 14.8 Å². The van der Waals surface area contributed by atoms with Gasteiger partial charge in [0.25, 0.3) is 5.84 Å². The van der Waals surface area contributed by atoms with Crippen LogP contribution in [0, 0.1) is 0 Å². The Labute approximate surface area is 134 Å². The third kappa shape index (κ3) is 4.43. The first-order chi connectivity index (χ1) is 10.4. The molecule has 0 saturated carbocycles. The number of thiophene rings is 1. The molecule has 0 aliphatic carbocycles. The average Bonchev–Trinajstić information content (AvgIpc) is 2.97. The van der Waals surface area contributed by atoms with Crippen LogP contribution in [0.2, 0.25) is 0 Å². The van der Waals surface area contributed by atoms with Crippen LogP contribution in [0.3, 0.4) is 0 Å². The van der Waals surface area contributed by atoms with Gasteiger partial charge in [-0.25, -0.2) is 4.79 Å². The number of nitrogens with two attached hydrogens (primary N) is 1. The van der Waals surface area contributed by atoms with E-state index in [9.17, 15) is 4.79 Å². The molecule has 0 unspecified atom stereocenters. The minimum atomic E-state index is -0.449. The predicted octanol–water partition coefficient (Wildman–Crippen LogP) is 1.80. The Morgan fingerprint density at radius 1 is 1.23 bits per heavy atom. The summed E-state index contributed by atoms with van der Waals surface area (Å²) in [5.41, 5.74) is 7.52. The number of amidine groups is 1. The van der Waals surface area contributed by atoms with Gasteiger partial charge in [0, 0.05) is 4.88 Å². The van der Waals surface area contributed by atoms with Gasteiger partial charge in [0.15, 0.2) is 0 Å². The summed E-state index contributed by atoms with van der Waals surface area (Å²) in [6.45, 7) is 6.38. The Kier molecular flexibility index (Phi) is 4.98. The lowest BCUT2D eigenvalue weighted by Crippen LogP contribution is -2.75. The van der Waals surface area contributed by atoms with Crippen molar-refractivity contribution in [3.63, 3.8) is 0 Å². The lowest BCUT2D eigenvalue weighted by atomic mass is 9.87. The van der Waals surface area contributed by atoms with Crippen molar-refractivity contribution in [3.05, 3.63) is 57.8 Å². The third-order valence-electron chi connectivity index (χ3n) is 3.21. The molecule has 0 atom stereocenters. The van der Waals surface area contributed by atoms with Crippen molar-refractivity contribution in [1.82, 2.24) is 0 Å². The van der Waals surface area contributed by atoms with Crippen LogP contribution >= 0.6 is 11.3 Å². The molecule has 5 heteroatoms. The van der Waals surface area contributed by atoms with Crippen LogP contribution in [0.1, 0.15) is 41.6 Å². The molecule has 0 aliphatic heterocycles. The molecule has 2 aromatic rings.